The van der Waals surface area contributed by atoms with Gasteiger partial charge in [-0.15, -0.1) is 0 Å². The molecule has 3 aromatic carbocycles. The lowest BCUT2D eigenvalue weighted by molar-refractivity contribution is -0.157. The lowest BCUT2D eigenvalue weighted by Crippen LogP contribution is -2.47. The molecule has 17 heteroatoms. The number of hydrogen-bond acceptors (Lipinski definition) is 13. The van der Waals surface area contributed by atoms with E-state index < -0.39 is 94.8 Å². The smallest absolute Gasteiger partial charge is 0.408 e. The van der Waals surface area contributed by atoms with Crippen molar-refractivity contribution in [1.29, 1.82) is 0 Å². The third-order valence-electron chi connectivity index (χ3n) is 8.85. The first-order valence-corrected chi connectivity index (χ1v) is 20.4. The predicted octanol–water partition coefficient (Wildman–Crippen LogP) is 7.38. The van der Waals surface area contributed by atoms with E-state index in [0.29, 0.717) is 22.3 Å². The number of ether oxygens (including phenoxy) is 6. The quantitative estimate of drug-likeness (QED) is 0.115. The molecular formula is C46H56N4O13. The van der Waals surface area contributed by atoms with Gasteiger partial charge in [-0.3, -0.25) is 19.2 Å². The molecule has 4 amide bonds. The highest BCUT2D eigenvalue weighted by atomic mass is 16.6. The van der Waals surface area contributed by atoms with Crippen LogP contribution >= 0.6 is 0 Å². The maximum atomic E-state index is 13.8. The van der Waals surface area contributed by atoms with Crippen molar-refractivity contribution in [2.24, 2.45) is 0 Å². The zero-order valence-corrected chi connectivity index (χ0v) is 37.6. The Kier molecular flexibility index (Phi) is 13.3. The molecule has 0 radical (unpaired) electrons. The molecule has 4 N–H and O–H groups in total. The molecule has 0 aliphatic carbocycles. The summed E-state index contributed by atoms with van der Waals surface area (Å²) in [5.74, 6) is -3.35. The van der Waals surface area contributed by atoms with Crippen LogP contribution in [0.25, 0.3) is 0 Å². The van der Waals surface area contributed by atoms with E-state index in [9.17, 15) is 33.6 Å². The van der Waals surface area contributed by atoms with Gasteiger partial charge >= 0.3 is 30.1 Å². The number of carbonyl (C=O) groups is 7. The first-order chi connectivity index (χ1) is 29.0. The van der Waals surface area contributed by atoms with Crippen LogP contribution in [0.15, 0.2) is 60.7 Å². The fourth-order valence-corrected chi connectivity index (χ4v) is 6.71. The lowest BCUT2D eigenvalue weighted by atomic mass is 9.77. The summed E-state index contributed by atoms with van der Waals surface area (Å²) >= 11 is 0. The molecule has 0 fully saturated rings. The third-order valence-corrected chi connectivity index (χ3v) is 8.85. The second-order valence-electron chi connectivity index (χ2n) is 19.1. The van der Waals surface area contributed by atoms with Gasteiger partial charge in [0.15, 0.2) is 5.60 Å². The van der Waals surface area contributed by atoms with Crippen LogP contribution in [-0.2, 0) is 48.5 Å². The number of anilines is 2. The standard InChI is InChI=1S/C46H56N4O13/c1-42(2,3)59-35(51)23-31(49-40(56)62-44(7,8)9)37(53)47-25-17-19-29-33(21-25)58-34-22-26(18-20-30(34)46(29)28-16-14-13-15-27(28)39(55)61-46)48-38(54)32(24-36(52)60-43(4,5)6)50-41(57)63-45(10,11)12/h13-22,31-32H,23-24H2,1-12H3,(H,47,53)(H,48,54)(H,49,56)(H,50,57)/t31-,32-/m0/s1. The number of benzene rings is 3. The molecule has 338 valence electrons. The van der Waals surface area contributed by atoms with Gasteiger partial charge in [-0.05, 0) is 113 Å². The molecule has 2 heterocycles. The lowest BCUT2D eigenvalue weighted by Gasteiger charge is -2.37. The first kappa shape index (κ1) is 47.4. The average Bonchev–Trinajstić information content (AvgIpc) is 3.39. The maximum Gasteiger partial charge on any atom is 0.408 e. The van der Waals surface area contributed by atoms with Gasteiger partial charge < -0.3 is 49.7 Å². The average molecular weight is 873 g/mol. The number of rotatable bonds is 10. The predicted molar refractivity (Wildman–Crippen MR) is 229 cm³/mol. The molecular weight excluding hydrogens is 817 g/mol. The van der Waals surface area contributed by atoms with E-state index in [1.807, 2.05) is 0 Å². The minimum absolute atomic E-state index is 0.145. The van der Waals surface area contributed by atoms with E-state index in [1.54, 1.807) is 132 Å². The summed E-state index contributed by atoms with van der Waals surface area (Å²) in [6.45, 7) is 19.9. The van der Waals surface area contributed by atoms with Gasteiger partial charge in [0, 0.05) is 40.2 Å². The van der Waals surface area contributed by atoms with Gasteiger partial charge in [0.05, 0.1) is 18.4 Å². The minimum atomic E-state index is -1.54. The van der Waals surface area contributed by atoms with Gasteiger partial charge in [0.25, 0.3) is 0 Å². The van der Waals surface area contributed by atoms with Crippen LogP contribution in [0.2, 0.25) is 0 Å². The van der Waals surface area contributed by atoms with E-state index >= 15 is 0 Å². The van der Waals surface area contributed by atoms with E-state index in [0.717, 1.165) is 0 Å². The van der Waals surface area contributed by atoms with Crippen LogP contribution in [0, 0.1) is 0 Å². The molecule has 0 saturated carbocycles. The molecule has 0 saturated heterocycles. The van der Waals surface area contributed by atoms with Crippen molar-refractivity contribution < 1.29 is 62.0 Å². The molecule has 0 bridgehead atoms. The van der Waals surface area contributed by atoms with Crippen LogP contribution in [0.1, 0.15) is 123 Å². The number of alkyl carbamates (subject to hydrolysis) is 2. The third kappa shape index (κ3) is 12.3. The number of fused-ring (bicyclic) bond motifs is 6. The van der Waals surface area contributed by atoms with Crippen molar-refractivity contribution in [2.75, 3.05) is 10.6 Å². The molecule has 5 rings (SSSR count). The molecule has 0 aromatic heterocycles. The second-order valence-corrected chi connectivity index (χ2v) is 19.1. The van der Waals surface area contributed by atoms with Gasteiger partial charge in [0.2, 0.25) is 11.8 Å². The van der Waals surface area contributed by atoms with E-state index in [2.05, 4.69) is 21.3 Å². The Bertz CT molecular complexity index is 2120. The highest BCUT2D eigenvalue weighted by Gasteiger charge is 2.53. The number of nitrogens with one attached hydrogen (secondary N) is 4. The Morgan fingerprint density at radius 3 is 1.35 bits per heavy atom. The summed E-state index contributed by atoms with van der Waals surface area (Å²) in [6, 6.07) is 13.3. The van der Waals surface area contributed by atoms with Crippen LogP contribution < -0.4 is 26.0 Å². The molecule has 2 aliphatic heterocycles. The summed E-state index contributed by atoms with van der Waals surface area (Å²) in [6.07, 6.45) is -2.90. The number of hydrogen-bond donors (Lipinski definition) is 4. The van der Waals surface area contributed by atoms with Gasteiger partial charge in [0.1, 0.15) is 46.0 Å². The Hall–Kier alpha value is -6.65. The summed E-state index contributed by atoms with van der Waals surface area (Å²) in [5.41, 5.74) is -3.10. The summed E-state index contributed by atoms with van der Waals surface area (Å²) in [7, 11) is 0. The molecule has 3 aromatic rings. The Morgan fingerprint density at radius 1 is 0.556 bits per heavy atom. The minimum Gasteiger partial charge on any atom is -0.460 e. The van der Waals surface area contributed by atoms with Gasteiger partial charge in [-0.1, -0.05) is 18.2 Å². The van der Waals surface area contributed by atoms with E-state index in [4.69, 9.17) is 28.4 Å². The Morgan fingerprint density at radius 2 is 0.952 bits per heavy atom. The fourth-order valence-electron chi connectivity index (χ4n) is 6.71. The number of esters is 3. The highest BCUT2D eigenvalue weighted by Crippen LogP contribution is 2.56. The van der Waals surface area contributed by atoms with Crippen LogP contribution in [-0.4, -0.2) is 76.4 Å². The van der Waals surface area contributed by atoms with Crippen molar-refractivity contribution in [1.82, 2.24) is 10.6 Å². The largest absolute Gasteiger partial charge is 0.460 e. The zero-order chi connectivity index (χ0) is 46.9. The van der Waals surface area contributed by atoms with Crippen molar-refractivity contribution >= 4 is 53.3 Å². The zero-order valence-electron chi connectivity index (χ0n) is 37.6. The Balaban J connectivity index is 1.50. The van der Waals surface area contributed by atoms with Gasteiger partial charge in [-0.25, -0.2) is 14.4 Å². The fraction of sp³-hybridized carbons (Fsp3) is 0.457. The van der Waals surface area contributed by atoms with Crippen LogP contribution in [0.5, 0.6) is 11.5 Å². The number of amides is 4. The monoisotopic (exact) mass is 872 g/mol. The molecule has 1 spiro atoms. The van der Waals surface area contributed by atoms with Crippen molar-refractivity contribution in [2.45, 2.75) is 136 Å². The highest BCUT2D eigenvalue weighted by molar-refractivity contribution is 6.01. The molecule has 2 atom stereocenters. The molecule has 63 heavy (non-hydrogen) atoms. The summed E-state index contributed by atoms with van der Waals surface area (Å²) in [5, 5.41) is 10.4. The summed E-state index contributed by atoms with van der Waals surface area (Å²) in [4.78, 5) is 92.4. The first-order valence-electron chi connectivity index (χ1n) is 20.4. The van der Waals surface area contributed by atoms with E-state index in [1.165, 1.54) is 12.1 Å². The van der Waals surface area contributed by atoms with Crippen molar-refractivity contribution in [3.05, 3.63) is 82.9 Å². The second kappa shape index (κ2) is 17.6. The van der Waals surface area contributed by atoms with Crippen molar-refractivity contribution in [3.8, 4) is 11.5 Å². The van der Waals surface area contributed by atoms with Crippen molar-refractivity contribution in [3.63, 3.8) is 0 Å². The van der Waals surface area contributed by atoms with Gasteiger partial charge in [-0.2, -0.15) is 0 Å². The maximum absolute atomic E-state index is 13.8. The number of carbonyl (C=O) groups excluding carboxylic acids is 7. The van der Waals surface area contributed by atoms with Crippen LogP contribution in [0.4, 0.5) is 21.0 Å². The Labute approximate surface area is 366 Å². The molecule has 17 nitrogen and oxygen atoms in total. The van der Waals surface area contributed by atoms with Crippen LogP contribution in [0.3, 0.4) is 0 Å². The molecule has 0 unspecified atom stereocenters. The summed E-state index contributed by atoms with van der Waals surface area (Å²) < 4.78 is 34.2. The van der Waals surface area contributed by atoms with E-state index in [-0.39, 0.29) is 22.9 Å². The topological polar surface area (TPSA) is 223 Å². The normalized spacial score (nSPS) is 14.8. The SMILES string of the molecule is CC(C)(C)OC(=O)C[C@H](NC(=O)OC(C)(C)C)C(=O)Nc1ccc2c(c1)Oc1cc(NC(=O)[C@H](CC(=O)OC(C)(C)C)NC(=O)OC(C)(C)C)ccc1C21OC(=O)c2ccccc21. The molecule has 2 aliphatic rings.